The zero-order chi connectivity index (χ0) is 22.1. The van der Waals surface area contributed by atoms with Crippen LogP contribution < -0.4 is 9.47 Å². The number of halogens is 3. The summed E-state index contributed by atoms with van der Waals surface area (Å²) in [7, 11) is 1.42. The van der Waals surface area contributed by atoms with Crippen LogP contribution >= 0.6 is 0 Å². The second-order valence-corrected chi connectivity index (χ2v) is 7.93. The van der Waals surface area contributed by atoms with Gasteiger partial charge in [-0.2, -0.15) is 0 Å². The van der Waals surface area contributed by atoms with E-state index in [0.29, 0.717) is 30.3 Å². The summed E-state index contributed by atoms with van der Waals surface area (Å²) in [6.45, 7) is 0.465. The number of amides is 1. The van der Waals surface area contributed by atoms with E-state index in [1.54, 1.807) is 12.1 Å². The molecule has 1 aliphatic carbocycles. The number of likely N-dealkylation sites (tertiary alicyclic amines) is 1. The molecule has 2 aromatic rings. The van der Waals surface area contributed by atoms with Gasteiger partial charge in [-0.3, -0.25) is 9.53 Å². The van der Waals surface area contributed by atoms with Crippen molar-refractivity contribution in [2.45, 2.75) is 24.6 Å². The van der Waals surface area contributed by atoms with Gasteiger partial charge in [-0.1, -0.05) is 30.3 Å². The van der Waals surface area contributed by atoms with Crippen molar-refractivity contribution in [3.05, 3.63) is 59.7 Å². The van der Waals surface area contributed by atoms with Crippen molar-refractivity contribution in [3.8, 4) is 11.5 Å². The predicted octanol–water partition coefficient (Wildman–Crippen LogP) is 4.41. The molecule has 0 aromatic heterocycles. The van der Waals surface area contributed by atoms with E-state index in [-0.39, 0.29) is 23.7 Å². The number of ether oxygens (including phenoxy) is 3. The average Bonchev–Trinajstić information content (AvgIpc) is 3.51. The van der Waals surface area contributed by atoms with Crippen LogP contribution in [0.1, 0.15) is 28.8 Å². The van der Waals surface area contributed by atoms with Crippen molar-refractivity contribution in [2.24, 2.45) is 5.92 Å². The summed E-state index contributed by atoms with van der Waals surface area (Å²) in [5.74, 6) is 0.929. The Morgan fingerprint density at radius 2 is 1.90 bits per heavy atom. The lowest BCUT2D eigenvalue weighted by molar-refractivity contribution is -0.325. The van der Waals surface area contributed by atoms with E-state index in [0.717, 1.165) is 12.8 Å². The van der Waals surface area contributed by atoms with E-state index in [1.165, 1.54) is 18.7 Å². The number of carbonyl (C=O) groups excluding carboxylic acids is 1. The van der Waals surface area contributed by atoms with Gasteiger partial charge in [0.2, 0.25) is 0 Å². The fourth-order valence-corrected chi connectivity index (χ4v) is 4.48. The molecule has 4 rings (SSSR count). The fourth-order valence-electron chi connectivity index (χ4n) is 4.48. The highest BCUT2D eigenvalue weighted by Gasteiger charge is 2.57. The van der Waals surface area contributed by atoms with Crippen LogP contribution in [0.4, 0.5) is 13.2 Å². The van der Waals surface area contributed by atoms with Crippen LogP contribution in [0, 0.1) is 5.92 Å². The highest BCUT2D eigenvalue weighted by atomic mass is 19.4. The number of piperidine rings is 1. The zero-order valence-electron chi connectivity index (χ0n) is 17.2. The van der Waals surface area contributed by atoms with Gasteiger partial charge in [0.1, 0.15) is 6.61 Å². The number of nitrogens with zero attached hydrogens (tertiary/aromatic N) is 1. The lowest BCUT2D eigenvalue weighted by atomic mass is 9.87. The van der Waals surface area contributed by atoms with Crippen molar-refractivity contribution in [1.82, 2.24) is 4.90 Å². The number of hydrogen-bond acceptors (Lipinski definition) is 4. The van der Waals surface area contributed by atoms with Crippen molar-refractivity contribution < 1.29 is 32.2 Å². The maximum atomic E-state index is 13.0. The van der Waals surface area contributed by atoms with Crippen molar-refractivity contribution in [3.63, 3.8) is 0 Å². The number of methoxy groups -OCH3 is 1. The molecule has 31 heavy (non-hydrogen) atoms. The molecule has 1 heterocycles. The second-order valence-electron chi connectivity index (χ2n) is 7.93. The standard InChI is InChI=1S/C23H24F3NO4/c1-29-20-13-16(7-8-19(20)30-11-12-31-23(24,25)26)21(28)27-10-9-22(14-18(22)15-27)17-5-3-2-4-6-17/h2-8,13,18H,9-12,14-15H2,1H3. The van der Waals surface area contributed by atoms with Gasteiger partial charge in [-0.25, -0.2) is 0 Å². The average molecular weight is 435 g/mol. The first-order valence-corrected chi connectivity index (χ1v) is 10.2. The third-order valence-electron chi connectivity index (χ3n) is 6.15. The molecule has 166 valence electrons. The minimum absolute atomic E-state index is 0.0844. The Morgan fingerprint density at radius 3 is 2.58 bits per heavy atom. The summed E-state index contributed by atoms with van der Waals surface area (Å²) >= 11 is 0. The zero-order valence-corrected chi connectivity index (χ0v) is 17.2. The van der Waals surface area contributed by atoms with Crippen LogP contribution in [0.25, 0.3) is 0 Å². The third-order valence-corrected chi connectivity index (χ3v) is 6.15. The number of rotatable bonds is 7. The first kappa shape index (κ1) is 21.5. The maximum Gasteiger partial charge on any atom is 0.522 e. The highest BCUT2D eigenvalue weighted by Crippen LogP contribution is 2.59. The van der Waals surface area contributed by atoms with Gasteiger partial charge in [0.25, 0.3) is 5.91 Å². The first-order chi connectivity index (χ1) is 14.8. The molecular formula is C23H24F3NO4. The Morgan fingerprint density at radius 1 is 1.13 bits per heavy atom. The molecule has 1 saturated heterocycles. The summed E-state index contributed by atoms with van der Waals surface area (Å²) in [5.41, 5.74) is 2.01. The van der Waals surface area contributed by atoms with Crippen LogP contribution in [0.5, 0.6) is 11.5 Å². The molecule has 2 atom stereocenters. The normalized spacial score (nSPS) is 22.6. The molecule has 2 aliphatic rings. The molecule has 0 N–H and O–H groups in total. The predicted molar refractivity (Wildman–Crippen MR) is 107 cm³/mol. The van der Waals surface area contributed by atoms with E-state index in [9.17, 15) is 18.0 Å². The lowest BCUT2D eigenvalue weighted by Gasteiger charge is -2.32. The van der Waals surface area contributed by atoms with Crippen LogP contribution in [0.15, 0.2) is 48.5 Å². The summed E-state index contributed by atoms with van der Waals surface area (Å²) in [6.07, 6.45) is -2.67. The molecular weight excluding hydrogens is 411 g/mol. The minimum Gasteiger partial charge on any atom is -0.493 e. The van der Waals surface area contributed by atoms with Gasteiger partial charge < -0.3 is 14.4 Å². The van der Waals surface area contributed by atoms with Gasteiger partial charge >= 0.3 is 6.36 Å². The Balaban J connectivity index is 1.37. The smallest absolute Gasteiger partial charge is 0.493 e. The maximum absolute atomic E-state index is 13.0. The Bertz CT molecular complexity index is 934. The van der Waals surface area contributed by atoms with Crippen molar-refractivity contribution >= 4 is 5.91 Å². The van der Waals surface area contributed by atoms with Crippen molar-refractivity contribution in [2.75, 3.05) is 33.4 Å². The Labute approximate surface area is 178 Å². The highest BCUT2D eigenvalue weighted by molar-refractivity contribution is 5.95. The first-order valence-electron chi connectivity index (χ1n) is 10.2. The Kier molecular flexibility index (Phi) is 5.83. The number of alkyl halides is 3. The van der Waals surface area contributed by atoms with Crippen LogP contribution in [0.3, 0.4) is 0 Å². The molecule has 1 saturated carbocycles. The molecule has 2 aromatic carbocycles. The number of carbonyl (C=O) groups is 1. The molecule has 0 spiro atoms. The molecule has 2 fully saturated rings. The van der Waals surface area contributed by atoms with Crippen LogP contribution in [-0.4, -0.2) is 50.6 Å². The quantitative estimate of drug-likeness (QED) is 0.605. The van der Waals surface area contributed by atoms with E-state index < -0.39 is 13.0 Å². The van der Waals surface area contributed by atoms with Gasteiger partial charge in [0, 0.05) is 24.1 Å². The third kappa shape index (κ3) is 4.63. The summed E-state index contributed by atoms with van der Waals surface area (Å²) in [5, 5.41) is 0. The molecule has 1 amide bonds. The van der Waals surface area contributed by atoms with E-state index in [2.05, 4.69) is 29.0 Å². The molecule has 0 radical (unpaired) electrons. The van der Waals surface area contributed by atoms with Gasteiger partial charge in [-0.05, 0) is 42.5 Å². The van der Waals surface area contributed by atoms with Gasteiger partial charge in [0.15, 0.2) is 11.5 Å². The van der Waals surface area contributed by atoms with Crippen molar-refractivity contribution in [1.29, 1.82) is 0 Å². The fraction of sp³-hybridized carbons (Fsp3) is 0.435. The van der Waals surface area contributed by atoms with Crippen LogP contribution in [0.2, 0.25) is 0 Å². The van der Waals surface area contributed by atoms with Crippen LogP contribution in [-0.2, 0) is 10.2 Å². The van der Waals surface area contributed by atoms with Gasteiger partial charge in [0.05, 0.1) is 13.7 Å². The monoisotopic (exact) mass is 435 g/mol. The van der Waals surface area contributed by atoms with Gasteiger partial charge in [-0.15, -0.1) is 13.2 Å². The molecule has 5 nitrogen and oxygen atoms in total. The molecule has 8 heteroatoms. The van der Waals surface area contributed by atoms with E-state index in [1.807, 2.05) is 11.0 Å². The number of hydrogen-bond donors (Lipinski definition) is 0. The number of benzene rings is 2. The molecule has 1 aliphatic heterocycles. The van der Waals surface area contributed by atoms with E-state index >= 15 is 0 Å². The summed E-state index contributed by atoms with van der Waals surface area (Å²) < 4.78 is 50.4. The summed E-state index contributed by atoms with van der Waals surface area (Å²) in [4.78, 5) is 14.9. The minimum atomic E-state index is -4.70. The molecule has 0 bridgehead atoms. The number of fused-ring (bicyclic) bond motifs is 1. The Hall–Kier alpha value is -2.74. The second kappa shape index (κ2) is 8.42. The lowest BCUT2D eigenvalue weighted by Crippen LogP contribution is -2.40. The SMILES string of the molecule is COc1cc(C(=O)N2CCC3(c4ccccc4)CC3C2)ccc1OCCOC(F)(F)F. The summed E-state index contributed by atoms with van der Waals surface area (Å²) in [6, 6.07) is 15.2. The topological polar surface area (TPSA) is 48.0 Å². The molecule has 2 unspecified atom stereocenters. The largest absolute Gasteiger partial charge is 0.522 e. The van der Waals surface area contributed by atoms with E-state index in [4.69, 9.17) is 9.47 Å².